The molecule has 0 amide bonds. The van der Waals surface area contributed by atoms with Crippen LogP contribution in [0.2, 0.25) is 0 Å². The molecule has 0 aliphatic heterocycles. The van der Waals surface area contributed by atoms with Crippen molar-refractivity contribution in [2.24, 2.45) is 0 Å². The van der Waals surface area contributed by atoms with Crippen molar-refractivity contribution in [3.05, 3.63) is 60.8 Å². The Kier molecular flexibility index (Phi) is 2.46. The summed E-state index contributed by atoms with van der Waals surface area (Å²) in [6.45, 7) is 6.69. The molecular weight excluding hydrogens is 208 g/mol. The standard InChI is InChI=1S/C13H10F2N/c1-3-9-7-16-8-11(10-5-6-10)12(9)13(14,15)4-2/h3-8H,1-2H2. The van der Waals surface area contributed by atoms with Crippen LogP contribution < -0.4 is 0 Å². The highest BCUT2D eigenvalue weighted by Gasteiger charge is 2.34. The number of nitrogens with zero attached hydrogens (tertiary/aromatic N) is 1. The zero-order valence-electron chi connectivity index (χ0n) is 8.58. The van der Waals surface area contributed by atoms with E-state index in [0.29, 0.717) is 17.2 Å². The molecule has 0 saturated carbocycles. The van der Waals surface area contributed by atoms with Gasteiger partial charge in [0.05, 0.1) is 0 Å². The summed E-state index contributed by atoms with van der Waals surface area (Å²) in [5.74, 6) is -3.07. The van der Waals surface area contributed by atoms with Crippen LogP contribution in [-0.4, -0.2) is 4.98 Å². The van der Waals surface area contributed by atoms with E-state index in [1.54, 1.807) is 12.5 Å². The van der Waals surface area contributed by atoms with E-state index in [4.69, 9.17) is 0 Å². The first kappa shape index (κ1) is 10.7. The van der Waals surface area contributed by atoms with Crippen molar-refractivity contribution in [2.45, 2.75) is 5.92 Å². The van der Waals surface area contributed by atoms with E-state index in [1.165, 1.54) is 18.5 Å². The lowest BCUT2D eigenvalue weighted by Gasteiger charge is -2.17. The van der Waals surface area contributed by atoms with E-state index < -0.39 is 5.92 Å². The van der Waals surface area contributed by atoms with Crippen molar-refractivity contribution >= 4 is 11.6 Å². The maximum atomic E-state index is 13.7. The highest BCUT2D eigenvalue weighted by Crippen LogP contribution is 2.41. The first-order chi connectivity index (χ1) is 7.60. The van der Waals surface area contributed by atoms with Gasteiger partial charge in [0.25, 0.3) is 5.92 Å². The molecule has 81 valence electrons. The lowest BCUT2D eigenvalue weighted by molar-refractivity contribution is 0.0520. The summed E-state index contributed by atoms with van der Waals surface area (Å²) >= 11 is 0. The van der Waals surface area contributed by atoms with Gasteiger partial charge in [-0.3, -0.25) is 4.98 Å². The molecular formula is C13H10F2N. The zero-order chi connectivity index (χ0) is 11.8. The van der Waals surface area contributed by atoms with Crippen molar-refractivity contribution in [3.8, 4) is 0 Å². The van der Waals surface area contributed by atoms with Crippen LogP contribution in [0.4, 0.5) is 8.78 Å². The third-order valence-electron chi connectivity index (χ3n) is 2.43. The molecule has 0 bridgehead atoms. The van der Waals surface area contributed by atoms with Crippen LogP contribution in [0.15, 0.2) is 37.7 Å². The summed E-state index contributed by atoms with van der Waals surface area (Å²) in [5.41, 5.74) is 1.49. The van der Waals surface area contributed by atoms with Crippen molar-refractivity contribution in [1.82, 2.24) is 4.98 Å². The van der Waals surface area contributed by atoms with E-state index >= 15 is 0 Å². The molecule has 0 aromatic carbocycles. The second kappa shape index (κ2) is 3.67. The molecule has 1 aromatic rings. The van der Waals surface area contributed by atoms with Crippen molar-refractivity contribution in [1.29, 1.82) is 0 Å². The predicted molar refractivity (Wildman–Crippen MR) is 60.7 cm³/mol. The van der Waals surface area contributed by atoms with Crippen molar-refractivity contribution < 1.29 is 8.78 Å². The largest absolute Gasteiger partial charge is 0.292 e. The molecule has 1 aromatic heterocycles. The van der Waals surface area contributed by atoms with Gasteiger partial charge >= 0.3 is 0 Å². The van der Waals surface area contributed by atoms with Gasteiger partial charge in [0.15, 0.2) is 0 Å². The number of pyridine rings is 1. The SMILES string of the molecule is C=Cc1cncc(C2=C[CH]2)c1C(F)(F)C=C. The van der Waals surface area contributed by atoms with Gasteiger partial charge in [0.1, 0.15) is 0 Å². The highest BCUT2D eigenvalue weighted by atomic mass is 19.3. The number of allylic oxidation sites excluding steroid dienone is 3. The molecule has 0 atom stereocenters. The van der Waals surface area contributed by atoms with Crippen LogP contribution in [0.1, 0.15) is 16.7 Å². The Morgan fingerprint density at radius 2 is 1.94 bits per heavy atom. The zero-order valence-corrected chi connectivity index (χ0v) is 8.58. The van der Waals surface area contributed by atoms with Gasteiger partial charge in [-0.15, -0.1) is 0 Å². The number of halogens is 2. The predicted octanol–water partition coefficient (Wildman–Crippen LogP) is 3.60. The molecule has 0 fully saturated rings. The average molecular weight is 218 g/mol. The molecule has 0 N–H and O–H groups in total. The molecule has 1 aliphatic carbocycles. The first-order valence-electron chi connectivity index (χ1n) is 4.78. The Morgan fingerprint density at radius 3 is 2.44 bits per heavy atom. The number of hydrogen-bond donors (Lipinski definition) is 0. The fraction of sp³-hybridized carbons (Fsp3) is 0.0769. The van der Waals surface area contributed by atoms with E-state index in [2.05, 4.69) is 18.1 Å². The lowest BCUT2D eigenvalue weighted by atomic mass is 9.96. The summed E-state index contributed by atoms with van der Waals surface area (Å²) < 4.78 is 27.5. The Balaban J connectivity index is 2.67. The molecule has 2 rings (SSSR count). The van der Waals surface area contributed by atoms with Gasteiger partial charge in [-0.1, -0.05) is 25.3 Å². The molecule has 0 unspecified atom stereocenters. The minimum absolute atomic E-state index is 0.0764. The minimum atomic E-state index is -3.07. The fourth-order valence-electron chi connectivity index (χ4n) is 1.55. The van der Waals surface area contributed by atoms with Crippen molar-refractivity contribution in [3.63, 3.8) is 0 Å². The number of aromatic nitrogens is 1. The van der Waals surface area contributed by atoms with Crippen LogP contribution in [0, 0.1) is 6.42 Å². The van der Waals surface area contributed by atoms with E-state index in [1.807, 2.05) is 0 Å². The molecule has 1 aliphatic rings. The highest BCUT2D eigenvalue weighted by molar-refractivity contribution is 5.89. The number of rotatable bonds is 4. The van der Waals surface area contributed by atoms with Crippen LogP contribution in [0.3, 0.4) is 0 Å². The summed E-state index contributed by atoms with van der Waals surface area (Å²) in [7, 11) is 0. The second-order valence-electron chi connectivity index (χ2n) is 3.47. The van der Waals surface area contributed by atoms with Crippen LogP contribution in [0.25, 0.3) is 11.6 Å². The van der Waals surface area contributed by atoms with Crippen LogP contribution in [-0.2, 0) is 5.92 Å². The molecule has 1 nitrogen and oxygen atoms in total. The average Bonchev–Trinajstić information content (AvgIpc) is 3.11. The summed E-state index contributed by atoms with van der Waals surface area (Å²) in [5, 5.41) is 0. The maximum Gasteiger partial charge on any atom is 0.292 e. The number of alkyl halides is 2. The quantitative estimate of drug-likeness (QED) is 0.703. The Hall–Kier alpha value is -1.77. The topological polar surface area (TPSA) is 12.9 Å². The van der Waals surface area contributed by atoms with Gasteiger partial charge in [0.2, 0.25) is 0 Å². The molecule has 3 heteroatoms. The Bertz CT molecular complexity index is 487. The number of hydrogen-bond acceptors (Lipinski definition) is 1. The molecule has 16 heavy (non-hydrogen) atoms. The normalized spacial score (nSPS) is 14.2. The summed E-state index contributed by atoms with van der Waals surface area (Å²) in [6, 6.07) is 0. The van der Waals surface area contributed by atoms with E-state index in [-0.39, 0.29) is 5.56 Å². The molecule has 0 saturated heterocycles. The third-order valence-corrected chi connectivity index (χ3v) is 2.43. The second-order valence-corrected chi connectivity index (χ2v) is 3.47. The molecule has 1 heterocycles. The third kappa shape index (κ3) is 1.69. The van der Waals surface area contributed by atoms with E-state index in [0.717, 1.165) is 5.57 Å². The van der Waals surface area contributed by atoms with Gasteiger partial charge in [-0.25, -0.2) is 0 Å². The minimum Gasteiger partial charge on any atom is -0.263 e. The monoisotopic (exact) mass is 218 g/mol. The molecule has 1 radical (unpaired) electrons. The first-order valence-corrected chi connectivity index (χ1v) is 4.78. The summed E-state index contributed by atoms with van der Waals surface area (Å²) in [4.78, 5) is 3.93. The maximum absolute atomic E-state index is 13.7. The lowest BCUT2D eigenvalue weighted by Crippen LogP contribution is -2.14. The summed E-state index contributed by atoms with van der Waals surface area (Å²) in [6.07, 6.45) is 8.38. The smallest absolute Gasteiger partial charge is 0.263 e. The van der Waals surface area contributed by atoms with Gasteiger partial charge in [0, 0.05) is 35.5 Å². The van der Waals surface area contributed by atoms with Gasteiger partial charge < -0.3 is 0 Å². The fourth-order valence-corrected chi connectivity index (χ4v) is 1.55. The van der Waals surface area contributed by atoms with Crippen molar-refractivity contribution in [2.75, 3.05) is 0 Å². The van der Waals surface area contributed by atoms with E-state index in [9.17, 15) is 8.78 Å². The molecule has 0 spiro atoms. The van der Waals surface area contributed by atoms with Gasteiger partial charge in [-0.2, -0.15) is 8.78 Å². The van der Waals surface area contributed by atoms with Crippen LogP contribution in [0.5, 0.6) is 0 Å². The van der Waals surface area contributed by atoms with Gasteiger partial charge in [-0.05, 0) is 11.6 Å². The Labute approximate surface area is 92.8 Å². The van der Waals surface area contributed by atoms with Crippen LogP contribution >= 0.6 is 0 Å². The Morgan fingerprint density at radius 1 is 1.25 bits per heavy atom.